The zero-order valence-corrected chi connectivity index (χ0v) is 17.0. The van der Waals surface area contributed by atoms with E-state index >= 15 is 4.39 Å². The first-order chi connectivity index (χ1) is 14.4. The Kier molecular flexibility index (Phi) is 4.87. The van der Waals surface area contributed by atoms with Gasteiger partial charge in [-0.05, 0) is 19.4 Å². The number of hydrogen-bond donors (Lipinski definition) is 2. The van der Waals surface area contributed by atoms with Crippen LogP contribution in [0.4, 0.5) is 4.39 Å². The zero-order valence-electron chi connectivity index (χ0n) is 17.1. The van der Waals surface area contributed by atoms with E-state index in [-0.39, 0.29) is 12.2 Å². The molecule has 30 heavy (non-hydrogen) atoms. The molecule has 0 saturated carbocycles. The van der Waals surface area contributed by atoms with Crippen LogP contribution < -0.4 is 15.8 Å². The van der Waals surface area contributed by atoms with Crippen LogP contribution in [0.1, 0.15) is 30.7 Å². The first-order valence-electron chi connectivity index (χ1n) is 9.52. The molecule has 2 N–H and O–H groups in total. The van der Waals surface area contributed by atoms with Crippen molar-refractivity contribution in [2.75, 3.05) is 6.61 Å². The molecule has 2 aliphatic rings. The van der Waals surface area contributed by atoms with Gasteiger partial charge in [-0.2, -0.15) is 0 Å². The maximum absolute atomic E-state index is 15.3. The number of nitrogens with one attached hydrogen (secondary N) is 1. The Morgan fingerprint density at radius 2 is 2.20 bits per heavy atom. The minimum Gasteiger partial charge on any atom is -0.403 e. The number of rotatable bonds is 4. The number of fused-ring (bicyclic) bond motifs is 1. The number of hydrogen-bond acceptors (Lipinski definition) is 8. The quantitative estimate of drug-likeness (QED) is 0.685. The molecule has 0 bridgehead atoms. The van der Waals surface area contributed by atoms with Gasteiger partial charge in [0.15, 0.2) is 6.20 Å². The van der Waals surface area contributed by atoms with Crippen LogP contribution in [0.15, 0.2) is 34.0 Å². The van der Waals surface area contributed by atoms with Crippen molar-refractivity contribution in [2.45, 2.75) is 45.0 Å². The second-order valence-corrected chi connectivity index (χ2v) is 8.73. The molecular formula is C18H20FN2O8P. The summed E-state index contributed by atoms with van der Waals surface area (Å²) in [6.45, 7) is 2.03. The molecule has 10 nitrogen and oxygen atoms in total. The van der Waals surface area contributed by atoms with Crippen molar-refractivity contribution in [3.8, 4) is 5.75 Å². The normalized spacial score (nSPS) is 33.6. The maximum atomic E-state index is 15.3. The summed E-state index contributed by atoms with van der Waals surface area (Å²) in [5, 5.41) is 10.3. The lowest BCUT2D eigenvalue weighted by atomic mass is 10.1. The highest BCUT2D eigenvalue weighted by Crippen LogP contribution is 2.56. The van der Waals surface area contributed by atoms with Crippen LogP contribution in [-0.2, 0) is 25.0 Å². The van der Waals surface area contributed by atoms with E-state index in [4.69, 9.17) is 19.7 Å². The van der Waals surface area contributed by atoms with Crippen LogP contribution in [0.2, 0.25) is 0 Å². The minimum atomic E-state index is -4.20. The van der Waals surface area contributed by atoms with Crippen LogP contribution in [0.25, 0.3) is 0 Å². The molecule has 1 aromatic heterocycles. The molecule has 1 saturated heterocycles. The molecular weight excluding hydrogens is 422 g/mol. The molecule has 0 radical (unpaired) electrons. The Hall–Kier alpha value is -2.30. The van der Waals surface area contributed by atoms with E-state index in [1.807, 2.05) is 4.98 Å². The summed E-state index contributed by atoms with van der Waals surface area (Å²) in [4.78, 5) is 25.6. The van der Waals surface area contributed by atoms with Gasteiger partial charge >= 0.3 is 13.5 Å². The molecule has 12 heteroatoms. The number of aryl methyl sites for hydroxylation is 2. The topological polar surface area (TPSA) is 129 Å². The SMILES string of the molecule is [2H][C@@]1(n2cc(C)c(=O)[nH]c2=O)O[C@](F)(COP2(=O)OCc3cccc(C)c3O2)C[C@H]1O. The molecule has 2 aliphatic heterocycles. The van der Waals surface area contributed by atoms with E-state index in [9.17, 15) is 19.3 Å². The highest BCUT2D eigenvalue weighted by molar-refractivity contribution is 7.49. The molecule has 0 spiro atoms. The fraction of sp³-hybridized carbons (Fsp3) is 0.444. The molecule has 1 unspecified atom stereocenters. The Bertz CT molecular complexity index is 1200. The number of para-hydroxylation sites is 1. The number of aliphatic hydroxyl groups is 1. The lowest BCUT2D eigenvalue weighted by Crippen LogP contribution is -2.37. The maximum Gasteiger partial charge on any atom is 0.530 e. The average Bonchev–Trinajstić information content (AvgIpc) is 2.94. The number of aliphatic hydroxyl groups excluding tert-OH is 1. The monoisotopic (exact) mass is 443 g/mol. The average molecular weight is 443 g/mol. The van der Waals surface area contributed by atoms with E-state index in [1.165, 1.54) is 6.92 Å². The van der Waals surface area contributed by atoms with Gasteiger partial charge < -0.3 is 14.4 Å². The van der Waals surface area contributed by atoms with E-state index in [1.54, 1.807) is 25.1 Å². The van der Waals surface area contributed by atoms with Crippen molar-refractivity contribution in [1.29, 1.82) is 0 Å². The van der Waals surface area contributed by atoms with Gasteiger partial charge in [-0.15, -0.1) is 0 Å². The molecule has 1 aromatic carbocycles. The van der Waals surface area contributed by atoms with Gasteiger partial charge in [-0.3, -0.25) is 23.4 Å². The van der Waals surface area contributed by atoms with Crippen LogP contribution in [0.3, 0.4) is 0 Å². The van der Waals surface area contributed by atoms with Crippen molar-refractivity contribution in [3.63, 3.8) is 0 Å². The summed E-state index contributed by atoms with van der Waals surface area (Å²) < 4.78 is 57.7. The summed E-state index contributed by atoms with van der Waals surface area (Å²) in [6.07, 6.45) is -4.17. The number of phosphoric ester groups is 1. The molecule has 162 valence electrons. The second-order valence-electron chi connectivity index (χ2n) is 7.13. The molecule has 2 aromatic rings. The molecule has 4 rings (SSSR count). The van der Waals surface area contributed by atoms with Gasteiger partial charge in [0.05, 0.1) is 7.98 Å². The number of aromatic nitrogens is 2. The fourth-order valence-corrected chi connectivity index (χ4v) is 4.50. The highest BCUT2D eigenvalue weighted by atomic mass is 31.2. The molecule has 1 fully saturated rings. The predicted octanol–water partition coefficient (Wildman–Crippen LogP) is 1.83. The standard InChI is InChI=1S/C18H20FN2O8P/c1-10-4-3-5-12-8-26-30(25,29-14(10)12)27-9-18(19)6-13(22)16(28-18)21-7-11(2)15(23)20-17(21)24/h3-5,7,13,16,22H,6,8-9H2,1-2H3,(H,20,23,24)/t13-,16-,18+,30?/m1/s1/i16D. The summed E-state index contributed by atoms with van der Waals surface area (Å²) in [5.74, 6) is -2.48. The lowest BCUT2D eigenvalue weighted by Gasteiger charge is -2.28. The van der Waals surface area contributed by atoms with E-state index < -0.39 is 50.3 Å². The van der Waals surface area contributed by atoms with Gasteiger partial charge in [0.2, 0.25) is 5.85 Å². The van der Waals surface area contributed by atoms with Crippen LogP contribution in [0, 0.1) is 13.8 Å². The fourth-order valence-electron chi connectivity index (χ4n) is 3.19. The number of alkyl halides is 1. The Morgan fingerprint density at radius 3 is 2.97 bits per heavy atom. The molecule has 3 heterocycles. The number of nitrogens with zero attached hydrogens (tertiary/aromatic N) is 1. The van der Waals surface area contributed by atoms with Gasteiger partial charge in [-0.1, -0.05) is 18.2 Å². The number of halogens is 1. The smallest absolute Gasteiger partial charge is 0.403 e. The van der Waals surface area contributed by atoms with Crippen LogP contribution in [-0.4, -0.2) is 33.2 Å². The number of benzene rings is 1. The van der Waals surface area contributed by atoms with Gasteiger partial charge in [-0.25, -0.2) is 13.8 Å². The van der Waals surface area contributed by atoms with Gasteiger partial charge in [0.1, 0.15) is 18.5 Å². The number of phosphoric acid groups is 1. The van der Waals surface area contributed by atoms with E-state index in [0.29, 0.717) is 21.4 Å². The van der Waals surface area contributed by atoms with E-state index in [0.717, 1.165) is 6.20 Å². The summed E-state index contributed by atoms with van der Waals surface area (Å²) in [5.41, 5.74) is -0.362. The second kappa shape index (κ2) is 7.44. The molecule has 0 amide bonds. The Labute approximate surface area is 171 Å². The third-order valence-corrected chi connectivity index (χ3v) is 6.04. The van der Waals surface area contributed by atoms with Gasteiger partial charge in [0.25, 0.3) is 5.56 Å². The predicted molar refractivity (Wildman–Crippen MR) is 101 cm³/mol. The molecule has 0 aliphatic carbocycles. The van der Waals surface area contributed by atoms with Crippen molar-refractivity contribution >= 4 is 7.82 Å². The third-order valence-electron chi connectivity index (χ3n) is 4.74. The highest BCUT2D eigenvalue weighted by Gasteiger charge is 2.50. The van der Waals surface area contributed by atoms with Crippen LogP contribution in [0.5, 0.6) is 5.75 Å². The summed E-state index contributed by atoms with van der Waals surface area (Å²) in [7, 11) is -4.20. The number of ether oxygens (including phenoxy) is 1. The first kappa shape index (κ1) is 19.7. The Balaban J connectivity index is 1.54. The zero-order chi connectivity index (χ0) is 22.6. The number of H-pyrrole nitrogens is 1. The summed E-state index contributed by atoms with van der Waals surface area (Å²) in [6, 6.07) is 5.23. The summed E-state index contributed by atoms with van der Waals surface area (Å²) >= 11 is 0. The molecule has 4 atom stereocenters. The van der Waals surface area contributed by atoms with Gasteiger partial charge in [0, 0.05) is 23.7 Å². The van der Waals surface area contributed by atoms with Crippen molar-refractivity contribution in [2.24, 2.45) is 0 Å². The third kappa shape index (κ3) is 3.86. The van der Waals surface area contributed by atoms with Crippen molar-refractivity contribution in [1.82, 2.24) is 9.55 Å². The largest absolute Gasteiger partial charge is 0.530 e. The first-order valence-corrected chi connectivity index (χ1v) is 10.5. The van der Waals surface area contributed by atoms with Crippen molar-refractivity contribution in [3.05, 3.63) is 61.9 Å². The number of aromatic amines is 1. The van der Waals surface area contributed by atoms with Crippen molar-refractivity contribution < 1.29 is 33.7 Å². The van der Waals surface area contributed by atoms with Crippen LogP contribution >= 0.6 is 7.82 Å². The lowest BCUT2D eigenvalue weighted by molar-refractivity contribution is -0.179. The Morgan fingerprint density at radius 1 is 1.43 bits per heavy atom. The minimum absolute atomic E-state index is 0.0529. The van der Waals surface area contributed by atoms with E-state index in [2.05, 4.69) is 0 Å².